The molecule has 3 N–H and O–H groups in total. The molecular formula is C27H28N6O4. The number of carbonyl (C=O) groups is 1. The third-order valence-electron chi connectivity index (χ3n) is 5.71. The van der Waals surface area contributed by atoms with Gasteiger partial charge < -0.3 is 30.2 Å². The van der Waals surface area contributed by atoms with Crippen molar-refractivity contribution in [2.24, 2.45) is 0 Å². The number of anilines is 2. The van der Waals surface area contributed by atoms with Crippen LogP contribution in [0.15, 0.2) is 60.9 Å². The fraction of sp³-hybridized carbons (Fsp3) is 0.222. The molecule has 0 unspecified atom stereocenters. The van der Waals surface area contributed by atoms with Gasteiger partial charge in [-0.3, -0.25) is 0 Å². The van der Waals surface area contributed by atoms with E-state index in [2.05, 4.69) is 27.1 Å². The van der Waals surface area contributed by atoms with Gasteiger partial charge >= 0.3 is 6.03 Å². The minimum absolute atomic E-state index is 0.344. The molecule has 37 heavy (non-hydrogen) atoms. The summed E-state index contributed by atoms with van der Waals surface area (Å²) in [4.78, 5) is 12.2. The van der Waals surface area contributed by atoms with Crippen molar-refractivity contribution in [3.05, 3.63) is 77.6 Å². The second-order valence-corrected chi connectivity index (χ2v) is 8.15. The minimum atomic E-state index is -0.344. The Morgan fingerprint density at radius 2 is 1.73 bits per heavy atom. The first kappa shape index (κ1) is 25.3. The molecule has 2 heterocycles. The minimum Gasteiger partial charge on any atom is -0.497 e. The van der Waals surface area contributed by atoms with E-state index in [0.717, 1.165) is 16.9 Å². The smallest absolute Gasteiger partial charge is 0.319 e. The topological polar surface area (TPSA) is 122 Å². The summed E-state index contributed by atoms with van der Waals surface area (Å²) in [5, 5.41) is 23.0. The van der Waals surface area contributed by atoms with E-state index in [1.165, 1.54) is 6.20 Å². The number of hydrogen-bond donors (Lipinski definition) is 3. The number of nitrogens with zero attached hydrogens (tertiary/aromatic N) is 3. The number of ether oxygens (including phenoxy) is 3. The van der Waals surface area contributed by atoms with Crippen molar-refractivity contribution >= 4 is 22.9 Å². The maximum absolute atomic E-state index is 12.2. The summed E-state index contributed by atoms with van der Waals surface area (Å²) in [7, 11) is 3.19. The number of nitrogens with one attached hydrogen (secondary N) is 3. The van der Waals surface area contributed by atoms with Gasteiger partial charge in [-0.2, -0.15) is 10.4 Å². The van der Waals surface area contributed by atoms with Crippen molar-refractivity contribution in [1.82, 2.24) is 14.9 Å². The van der Waals surface area contributed by atoms with Gasteiger partial charge in [-0.15, -0.1) is 0 Å². The number of fused-ring (bicyclic) bond motifs is 1. The van der Waals surface area contributed by atoms with E-state index in [1.54, 1.807) is 24.9 Å². The molecule has 4 rings (SSSR count). The van der Waals surface area contributed by atoms with Gasteiger partial charge in [0.05, 0.1) is 48.6 Å². The molecule has 2 aromatic carbocycles. The van der Waals surface area contributed by atoms with Gasteiger partial charge in [0.1, 0.15) is 23.3 Å². The standard InChI is InChI=1S/C27H28N6O4/c1-18-24(32-27(34)29-12-13-35-2)17-33-26(18)25(20(14-28)16-31-33)30-15-19-4-6-22(7-5-19)37-23-10-8-21(36-3)9-11-23/h4-11,16-17,30H,12-13,15H2,1-3H3,(H2,29,32,34). The van der Waals surface area contributed by atoms with Crippen molar-refractivity contribution < 1.29 is 19.0 Å². The van der Waals surface area contributed by atoms with Gasteiger partial charge in [0, 0.05) is 25.8 Å². The van der Waals surface area contributed by atoms with Crippen LogP contribution in [0.3, 0.4) is 0 Å². The van der Waals surface area contributed by atoms with E-state index in [9.17, 15) is 10.1 Å². The number of urea groups is 1. The summed E-state index contributed by atoms with van der Waals surface area (Å²) in [6, 6.07) is 16.9. The molecule has 10 heteroatoms. The number of carbonyl (C=O) groups excluding carboxylic acids is 1. The molecule has 0 spiro atoms. The SMILES string of the molecule is COCCNC(=O)Nc1cn2ncc(C#N)c(NCc3ccc(Oc4ccc(OC)cc4)cc3)c2c1C. The number of nitriles is 1. The molecule has 2 aromatic heterocycles. The molecule has 190 valence electrons. The average Bonchev–Trinajstić information content (AvgIpc) is 3.23. The molecule has 0 atom stereocenters. The van der Waals surface area contributed by atoms with Crippen LogP contribution in [0.5, 0.6) is 17.2 Å². The first-order chi connectivity index (χ1) is 18.0. The molecule has 2 amide bonds. The molecule has 10 nitrogen and oxygen atoms in total. The molecule has 0 aliphatic carbocycles. The largest absolute Gasteiger partial charge is 0.497 e. The summed E-state index contributed by atoms with van der Waals surface area (Å²) in [5.74, 6) is 2.19. The summed E-state index contributed by atoms with van der Waals surface area (Å²) in [6.45, 7) is 3.16. The van der Waals surface area contributed by atoms with E-state index in [-0.39, 0.29) is 6.03 Å². The average molecular weight is 501 g/mol. The Labute approximate surface area is 214 Å². The van der Waals surface area contributed by atoms with Gasteiger partial charge in [0.2, 0.25) is 0 Å². The first-order valence-corrected chi connectivity index (χ1v) is 11.6. The highest BCUT2D eigenvalue weighted by Crippen LogP contribution is 2.31. The zero-order valence-corrected chi connectivity index (χ0v) is 20.9. The highest BCUT2D eigenvalue weighted by Gasteiger charge is 2.17. The van der Waals surface area contributed by atoms with Crippen molar-refractivity contribution in [2.45, 2.75) is 13.5 Å². The number of benzene rings is 2. The normalized spacial score (nSPS) is 10.5. The Morgan fingerprint density at radius 1 is 1.05 bits per heavy atom. The van der Waals surface area contributed by atoms with Crippen LogP contribution in [0.25, 0.3) is 5.52 Å². The maximum atomic E-state index is 12.2. The van der Waals surface area contributed by atoms with Crippen molar-refractivity contribution in [3.8, 4) is 23.3 Å². The fourth-order valence-corrected chi connectivity index (χ4v) is 3.76. The number of aromatic nitrogens is 2. The van der Waals surface area contributed by atoms with Crippen molar-refractivity contribution in [1.29, 1.82) is 5.26 Å². The number of rotatable bonds is 10. The second kappa shape index (κ2) is 11.8. The molecule has 0 radical (unpaired) electrons. The Balaban J connectivity index is 1.48. The van der Waals surface area contributed by atoms with Gasteiger partial charge in [-0.25, -0.2) is 9.31 Å². The number of aryl methyl sites for hydroxylation is 1. The van der Waals surface area contributed by atoms with Gasteiger partial charge in [0.15, 0.2) is 0 Å². The van der Waals surface area contributed by atoms with E-state index >= 15 is 0 Å². The van der Waals surface area contributed by atoms with E-state index < -0.39 is 0 Å². The Hall–Kier alpha value is -4.75. The maximum Gasteiger partial charge on any atom is 0.319 e. The molecule has 0 aliphatic heterocycles. The Kier molecular flexibility index (Phi) is 8.08. The first-order valence-electron chi connectivity index (χ1n) is 11.6. The number of methoxy groups -OCH3 is 2. The van der Waals surface area contributed by atoms with Crippen molar-refractivity contribution in [2.75, 3.05) is 38.0 Å². The van der Waals surface area contributed by atoms with Crippen LogP contribution in [0, 0.1) is 18.3 Å². The second-order valence-electron chi connectivity index (χ2n) is 8.15. The summed E-state index contributed by atoms with van der Waals surface area (Å²) in [5.41, 5.74) is 4.15. The lowest BCUT2D eigenvalue weighted by Crippen LogP contribution is -2.31. The van der Waals surface area contributed by atoms with Crippen LogP contribution < -0.4 is 25.4 Å². The van der Waals surface area contributed by atoms with Gasteiger partial charge in [-0.05, 0) is 48.9 Å². The Bertz CT molecular complexity index is 1410. The molecule has 0 aliphatic rings. The van der Waals surface area contributed by atoms with Crippen LogP contribution in [0.4, 0.5) is 16.2 Å². The zero-order valence-electron chi connectivity index (χ0n) is 20.9. The summed E-state index contributed by atoms with van der Waals surface area (Å²) >= 11 is 0. The van der Waals surface area contributed by atoms with Crippen LogP contribution >= 0.6 is 0 Å². The monoisotopic (exact) mass is 500 g/mol. The third-order valence-corrected chi connectivity index (χ3v) is 5.71. The molecule has 0 bridgehead atoms. The predicted molar refractivity (Wildman–Crippen MR) is 140 cm³/mol. The molecule has 0 saturated carbocycles. The lowest BCUT2D eigenvalue weighted by atomic mass is 10.1. The highest BCUT2D eigenvalue weighted by atomic mass is 16.5. The van der Waals surface area contributed by atoms with Crippen LogP contribution in [0.2, 0.25) is 0 Å². The van der Waals surface area contributed by atoms with Gasteiger partial charge in [0.25, 0.3) is 0 Å². The van der Waals surface area contributed by atoms with Crippen LogP contribution in [-0.4, -0.2) is 43.0 Å². The molecular weight excluding hydrogens is 472 g/mol. The summed E-state index contributed by atoms with van der Waals surface area (Å²) in [6.07, 6.45) is 3.22. The fourth-order valence-electron chi connectivity index (χ4n) is 3.76. The van der Waals surface area contributed by atoms with Crippen molar-refractivity contribution in [3.63, 3.8) is 0 Å². The highest BCUT2D eigenvalue weighted by molar-refractivity contribution is 5.94. The third kappa shape index (κ3) is 6.09. The molecule has 0 saturated heterocycles. The predicted octanol–water partition coefficient (Wildman–Crippen LogP) is 4.70. The lowest BCUT2D eigenvalue weighted by molar-refractivity contribution is 0.198. The lowest BCUT2D eigenvalue weighted by Gasteiger charge is -2.12. The number of hydrogen-bond acceptors (Lipinski definition) is 7. The quantitative estimate of drug-likeness (QED) is 0.270. The van der Waals surface area contributed by atoms with Gasteiger partial charge in [-0.1, -0.05) is 12.1 Å². The van der Waals surface area contributed by atoms with Crippen LogP contribution in [0.1, 0.15) is 16.7 Å². The molecule has 4 aromatic rings. The van der Waals surface area contributed by atoms with Crippen LogP contribution in [-0.2, 0) is 11.3 Å². The van der Waals surface area contributed by atoms with E-state index in [0.29, 0.717) is 53.7 Å². The number of amides is 2. The van der Waals surface area contributed by atoms with E-state index in [1.807, 2.05) is 55.5 Å². The summed E-state index contributed by atoms with van der Waals surface area (Å²) < 4.78 is 17.7. The van der Waals surface area contributed by atoms with E-state index in [4.69, 9.17) is 14.2 Å². The Morgan fingerprint density at radius 3 is 2.38 bits per heavy atom. The molecule has 0 fully saturated rings. The zero-order chi connectivity index (χ0) is 26.2.